The zero-order valence-electron chi connectivity index (χ0n) is 12.1. The van der Waals surface area contributed by atoms with E-state index in [4.69, 9.17) is 12.2 Å². The molecule has 0 N–H and O–H groups in total. The minimum absolute atomic E-state index is 0.540. The molecular weight excluding hydrogens is 236 g/mol. The fourth-order valence-corrected chi connectivity index (χ4v) is 2.73. The molecule has 1 unspecified atom stereocenters. The molecule has 1 aliphatic carbocycles. The topological polar surface area (TPSA) is 0 Å². The van der Waals surface area contributed by atoms with E-state index in [1.54, 1.807) is 0 Å². The second kappa shape index (κ2) is 9.49. The van der Waals surface area contributed by atoms with E-state index in [0.717, 1.165) is 4.86 Å². The Labute approximate surface area is 119 Å². The van der Waals surface area contributed by atoms with Gasteiger partial charge in [0.05, 0.1) is 0 Å². The van der Waals surface area contributed by atoms with Gasteiger partial charge in [0.25, 0.3) is 0 Å². The van der Waals surface area contributed by atoms with Gasteiger partial charge in [-0.2, -0.15) is 0 Å². The molecule has 0 aromatic carbocycles. The van der Waals surface area contributed by atoms with Gasteiger partial charge in [0.15, 0.2) is 0 Å². The summed E-state index contributed by atoms with van der Waals surface area (Å²) in [5.74, 6) is 0.540. The molecule has 0 fully saturated rings. The Hall–Kier alpha value is -0.430. The Morgan fingerprint density at radius 3 is 2.39 bits per heavy atom. The van der Waals surface area contributed by atoms with Gasteiger partial charge in [-0.25, -0.2) is 0 Å². The van der Waals surface area contributed by atoms with Crippen molar-refractivity contribution < 1.29 is 0 Å². The number of allylic oxidation sites excluding steroid dienone is 4. The predicted molar refractivity (Wildman–Crippen MR) is 86.2 cm³/mol. The molecule has 0 radical (unpaired) electrons. The van der Waals surface area contributed by atoms with Crippen molar-refractivity contribution in [2.45, 2.75) is 71.6 Å². The summed E-state index contributed by atoms with van der Waals surface area (Å²) in [7, 11) is 0. The van der Waals surface area contributed by atoms with Crippen LogP contribution < -0.4 is 0 Å². The summed E-state index contributed by atoms with van der Waals surface area (Å²) >= 11 is 5.45. The van der Waals surface area contributed by atoms with E-state index < -0.39 is 0 Å². The van der Waals surface area contributed by atoms with Gasteiger partial charge in [0.1, 0.15) is 0 Å². The van der Waals surface area contributed by atoms with Crippen LogP contribution in [-0.4, -0.2) is 4.86 Å². The lowest BCUT2D eigenvalue weighted by Crippen LogP contribution is -2.11. The molecule has 0 aromatic heterocycles. The fourth-order valence-electron chi connectivity index (χ4n) is 2.47. The highest BCUT2D eigenvalue weighted by molar-refractivity contribution is 7.80. The van der Waals surface area contributed by atoms with Gasteiger partial charge >= 0.3 is 0 Å². The summed E-state index contributed by atoms with van der Waals surface area (Å²) in [6.45, 7) is 4.52. The Balaban J connectivity index is 2.35. The van der Waals surface area contributed by atoms with E-state index in [9.17, 15) is 0 Å². The molecule has 0 aliphatic heterocycles. The molecular formula is C17H28S. The molecule has 1 heteroatoms. The lowest BCUT2D eigenvalue weighted by Gasteiger charge is -2.18. The van der Waals surface area contributed by atoms with Crippen LogP contribution in [0.3, 0.4) is 0 Å². The maximum Gasteiger partial charge on any atom is 0.0221 e. The molecule has 0 amide bonds. The van der Waals surface area contributed by atoms with Crippen molar-refractivity contribution in [2.75, 3.05) is 0 Å². The van der Waals surface area contributed by atoms with Crippen LogP contribution in [0.5, 0.6) is 0 Å². The zero-order valence-corrected chi connectivity index (χ0v) is 12.9. The SMILES string of the molecule is CCCCCCC1=CC(CCCCC)C(=S)C=C1. The van der Waals surface area contributed by atoms with Crippen molar-refractivity contribution >= 4 is 17.1 Å². The van der Waals surface area contributed by atoms with Crippen LogP contribution in [0.1, 0.15) is 71.6 Å². The molecule has 0 spiro atoms. The van der Waals surface area contributed by atoms with Gasteiger partial charge in [0, 0.05) is 10.8 Å². The number of rotatable bonds is 9. The van der Waals surface area contributed by atoms with E-state index in [0.29, 0.717) is 5.92 Å². The maximum absolute atomic E-state index is 5.45. The highest BCUT2D eigenvalue weighted by atomic mass is 32.1. The van der Waals surface area contributed by atoms with Crippen LogP contribution in [0.2, 0.25) is 0 Å². The normalized spacial score (nSPS) is 19.1. The van der Waals surface area contributed by atoms with Crippen molar-refractivity contribution in [3.05, 3.63) is 23.8 Å². The van der Waals surface area contributed by atoms with E-state index in [1.165, 1.54) is 63.4 Å². The largest absolute Gasteiger partial charge is 0.0843 e. The van der Waals surface area contributed by atoms with Crippen molar-refractivity contribution in [3.63, 3.8) is 0 Å². The highest BCUT2D eigenvalue weighted by Gasteiger charge is 2.13. The minimum atomic E-state index is 0.540. The second-order valence-electron chi connectivity index (χ2n) is 5.39. The first kappa shape index (κ1) is 15.6. The van der Waals surface area contributed by atoms with Gasteiger partial charge in [-0.1, -0.05) is 82.3 Å². The zero-order chi connectivity index (χ0) is 13.2. The van der Waals surface area contributed by atoms with E-state index in [-0.39, 0.29) is 0 Å². The fraction of sp³-hybridized carbons (Fsp3) is 0.706. The van der Waals surface area contributed by atoms with Crippen molar-refractivity contribution in [2.24, 2.45) is 5.92 Å². The average Bonchev–Trinajstić information content (AvgIpc) is 2.38. The molecule has 0 bridgehead atoms. The standard InChI is InChI=1S/C17H28S/c1-3-5-7-9-10-15-12-13-17(18)16(14-15)11-8-6-4-2/h12-14,16H,3-11H2,1-2H3. The Morgan fingerprint density at radius 1 is 0.944 bits per heavy atom. The summed E-state index contributed by atoms with van der Waals surface area (Å²) in [5, 5.41) is 0. The molecule has 1 aliphatic rings. The van der Waals surface area contributed by atoms with Crippen LogP contribution in [-0.2, 0) is 0 Å². The summed E-state index contributed by atoms with van der Waals surface area (Å²) in [4.78, 5) is 1.14. The molecule has 0 nitrogen and oxygen atoms in total. The van der Waals surface area contributed by atoms with Gasteiger partial charge in [-0.05, 0) is 25.3 Å². The summed E-state index contributed by atoms with van der Waals surface area (Å²) in [6, 6.07) is 0. The maximum atomic E-state index is 5.45. The third-order valence-corrected chi connectivity index (χ3v) is 4.12. The molecule has 18 heavy (non-hydrogen) atoms. The molecule has 1 rings (SSSR count). The van der Waals surface area contributed by atoms with Gasteiger partial charge in [-0.3, -0.25) is 0 Å². The highest BCUT2D eigenvalue weighted by Crippen LogP contribution is 2.24. The lowest BCUT2D eigenvalue weighted by atomic mass is 9.89. The molecule has 1 atom stereocenters. The first-order valence-electron chi connectivity index (χ1n) is 7.70. The van der Waals surface area contributed by atoms with Crippen molar-refractivity contribution in [3.8, 4) is 0 Å². The van der Waals surface area contributed by atoms with Crippen LogP contribution in [0, 0.1) is 5.92 Å². The Kier molecular flexibility index (Phi) is 8.24. The van der Waals surface area contributed by atoms with Crippen LogP contribution >= 0.6 is 12.2 Å². The number of thiocarbonyl (C=S) groups is 1. The number of hydrogen-bond donors (Lipinski definition) is 0. The van der Waals surface area contributed by atoms with E-state index in [1.807, 2.05) is 0 Å². The van der Waals surface area contributed by atoms with Crippen LogP contribution in [0.15, 0.2) is 23.8 Å². The first-order valence-corrected chi connectivity index (χ1v) is 8.11. The van der Waals surface area contributed by atoms with Crippen molar-refractivity contribution in [1.82, 2.24) is 0 Å². The monoisotopic (exact) mass is 264 g/mol. The minimum Gasteiger partial charge on any atom is -0.0843 e. The van der Waals surface area contributed by atoms with Crippen LogP contribution in [0.25, 0.3) is 0 Å². The van der Waals surface area contributed by atoms with Gasteiger partial charge < -0.3 is 0 Å². The van der Waals surface area contributed by atoms with Crippen LogP contribution in [0.4, 0.5) is 0 Å². The van der Waals surface area contributed by atoms with E-state index in [2.05, 4.69) is 32.1 Å². The average molecular weight is 264 g/mol. The van der Waals surface area contributed by atoms with Gasteiger partial charge in [-0.15, -0.1) is 0 Å². The molecule has 0 aromatic rings. The summed E-state index contributed by atoms with van der Waals surface area (Å²) in [5.41, 5.74) is 1.52. The summed E-state index contributed by atoms with van der Waals surface area (Å²) < 4.78 is 0. The third-order valence-electron chi connectivity index (χ3n) is 3.68. The molecule has 0 saturated carbocycles. The third kappa shape index (κ3) is 5.95. The molecule has 0 saturated heterocycles. The molecule has 0 heterocycles. The van der Waals surface area contributed by atoms with Gasteiger partial charge in [0.2, 0.25) is 0 Å². The van der Waals surface area contributed by atoms with Crippen molar-refractivity contribution in [1.29, 1.82) is 0 Å². The predicted octanol–water partition coefficient (Wildman–Crippen LogP) is 6.02. The Morgan fingerprint density at radius 2 is 1.67 bits per heavy atom. The summed E-state index contributed by atoms with van der Waals surface area (Å²) in [6.07, 6.45) is 18.7. The lowest BCUT2D eigenvalue weighted by molar-refractivity contribution is 0.625. The number of unbranched alkanes of at least 4 members (excludes halogenated alkanes) is 5. The quantitative estimate of drug-likeness (QED) is 0.362. The smallest absolute Gasteiger partial charge is 0.0221 e. The Bertz CT molecular complexity index is 299. The first-order chi connectivity index (χ1) is 8.77. The number of hydrogen-bond acceptors (Lipinski definition) is 1. The van der Waals surface area contributed by atoms with E-state index >= 15 is 0 Å². The second-order valence-corrected chi connectivity index (χ2v) is 5.86. The molecule has 102 valence electrons.